The Kier molecular flexibility index (Phi) is 10.0. The Morgan fingerprint density at radius 1 is 1.02 bits per heavy atom. The highest BCUT2D eigenvalue weighted by atomic mass is 32.2. The van der Waals surface area contributed by atoms with Crippen LogP contribution in [0.1, 0.15) is 51.3 Å². The van der Waals surface area contributed by atoms with Crippen molar-refractivity contribution in [1.29, 1.82) is 0 Å². The maximum atomic E-state index is 6.62. The van der Waals surface area contributed by atoms with Crippen LogP contribution in [0.2, 0.25) is 0 Å². The van der Waals surface area contributed by atoms with E-state index in [2.05, 4.69) is 64.5 Å². The van der Waals surface area contributed by atoms with Crippen LogP contribution in [-0.2, 0) is 40.4 Å². The molecule has 2 aromatic heterocycles. The van der Waals surface area contributed by atoms with Gasteiger partial charge in [0, 0.05) is 16.9 Å². The molecule has 0 radical (unpaired) electrons. The van der Waals surface area contributed by atoms with Crippen molar-refractivity contribution >= 4 is 22.8 Å². The van der Waals surface area contributed by atoms with E-state index in [0.717, 1.165) is 28.6 Å². The van der Waals surface area contributed by atoms with Crippen molar-refractivity contribution in [3.05, 3.63) is 89.9 Å². The highest BCUT2D eigenvalue weighted by Crippen LogP contribution is 2.44. The predicted molar refractivity (Wildman–Crippen MR) is 177 cm³/mol. The van der Waals surface area contributed by atoms with Crippen molar-refractivity contribution in [3.8, 4) is 5.88 Å². The second-order valence-electron chi connectivity index (χ2n) is 13.0. The van der Waals surface area contributed by atoms with Crippen LogP contribution in [-0.4, -0.2) is 56.2 Å². The molecule has 0 aliphatic carbocycles. The summed E-state index contributed by atoms with van der Waals surface area (Å²) < 4.78 is 26.9. The Balaban J connectivity index is 1.57. The van der Waals surface area contributed by atoms with Gasteiger partial charge in [-0.05, 0) is 77.0 Å². The lowest BCUT2D eigenvalue weighted by Crippen LogP contribution is -2.50. The summed E-state index contributed by atoms with van der Waals surface area (Å²) in [6, 6.07) is 20.8. The van der Waals surface area contributed by atoms with E-state index in [1.54, 1.807) is 6.33 Å². The van der Waals surface area contributed by atoms with E-state index in [-0.39, 0.29) is 16.8 Å². The smallest absolute Gasteiger partial charge is 0.242 e. The standard InChI is InChI=1S/C35H46N4O4S/c1-33(2,3)43-32-31-30(37-23-38-32)27(20-39(31)24-40-21-26-15-11-8-12-16-26)18-35(44-6,17-25-13-9-7-10-14-25)28(19-36)29-22-41-34(4,5)42-29/h7-16,20,23,28-29H,17-19,21-22,24,36H2,1-6H3/t28-,29+,35+/m1/s1. The van der Waals surface area contributed by atoms with Gasteiger partial charge in [-0.2, -0.15) is 16.7 Å². The van der Waals surface area contributed by atoms with Crippen molar-refractivity contribution in [1.82, 2.24) is 14.5 Å². The molecule has 1 aliphatic heterocycles. The fourth-order valence-corrected chi connectivity index (χ4v) is 7.27. The van der Waals surface area contributed by atoms with Crippen molar-refractivity contribution in [2.24, 2.45) is 11.7 Å². The monoisotopic (exact) mass is 618 g/mol. The normalized spacial score (nSPS) is 18.8. The van der Waals surface area contributed by atoms with Crippen molar-refractivity contribution < 1.29 is 18.9 Å². The molecular formula is C35H46N4O4S. The van der Waals surface area contributed by atoms with Gasteiger partial charge in [0.05, 0.1) is 24.8 Å². The van der Waals surface area contributed by atoms with Crippen LogP contribution in [0.3, 0.4) is 0 Å². The van der Waals surface area contributed by atoms with Crippen LogP contribution in [0.15, 0.2) is 73.2 Å². The van der Waals surface area contributed by atoms with Gasteiger partial charge in [0.2, 0.25) is 5.88 Å². The average Bonchev–Trinajstić information content (AvgIpc) is 3.53. The maximum Gasteiger partial charge on any atom is 0.242 e. The molecule has 4 aromatic rings. The van der Waals surface area contributed by atoms with Crippen molar-refractivity contribution in [2.75, 3.05) is 19.4 Å². The second-order valence-corrected chi connectivity index (χ2v) is 14.2. The first-order valence-corrected chi connectivity index (χ1v) is 16.5. The summed E-state index contributed by atoms with van der Waals surface area (Å²) in [5.41, 5.74) is 11.3. The zero-order chi connectivity index (χ0) is 31.4. The van der Waals surface area contributed by atoms with Crippen molar-refractivity contribution in [3.63, 3.8) is 0 Å². The lowest BCUT2D eigenvalue weighted by atomic mass is 9.78. The molecule has 1 fully saturated rings. The molecule has 2 N–H and O–H groups in total. The minimum absolute atomic E-state index is 0.0133. The third kappa shape index (κ3) is 7.64. The number of rotatable bonds is 13. The lowest BCUT2D eigenvalue weighted by molar-refractivity contribution is -0.145. The van der Waals surface area contributed by atoms with Gasteiger partial charge in [-0.15, -0.1) is 0 Å². The van der Waals surface area contributed by atoms with E-state index in [9.17, 15) is 0 Å². The second kappa shape index (κ2) is 13.6. The predicted octanol–water partition coefficient (Wildman–Crippen LogP) is 6.40. The quantitative estimate of drug-likeness (QED) is 0.184. The van der Waals surface area contributed by atoms with Crippen LogP contribution < -0.4 is 10.5 Å². The van der Waals surface area contributed by atoms with Gasteiger partial charge in [-0.25, -0.2) is 4.98 Å². The van der Waals surface area contributed by atoms with Gasteiger partial charge >= 0.3 is 0 Å². The summed E-state index contributed by atoms with van der Waals surface area (Å²) in [6.45, 7) is 11.8. The van der Waals surface area contributed by atoms with Gasteiger partial charge in [0.15, 0.2) is 5.79 Å². The zero-order valence-electron chi connectivity index (χ0n) is 26.8. The highest BCUT2D eigenvalue weighted by Gasteiger charge is 2.47. The minimum atomic E-state index is -0.645. The van der Waals surface area contributed by atoms with Crippen LogP contribution in [0.4, 0.5) is 0 Å². The number of nitrogens with zero attached hydrogens (tertiary/aromatic N) is 3. The molecule has 1 saturated heterocycles. The minimum Gasteiger partial charge on any atom is -0.470 e. The third-order valence-corrected chi connectivity index (χ3v) is 9.49. The number of thioether (sulfide) groups is 1. The first-order chi connectivity index (χ1) is 21.0. The molecule has 1 aliphatic rings. The maximum absolute atomic E-state index is 6.62. The van der Waals surface area contributed by atoms with Gasteiger partial charge in [-0.1, -0.05) is 60.7 Å². The van der Waals surface area contributed by atoms with E-state index in [1.807, 2.05) is 64.6 Å². The summed E-state index contributed by atoms with van der Waals surface area (Å²) >= 11 is 1.84. The SMILES string of the molecule is CS[C@@](Cc1ccccc1)(Cc1cn(COCc2ccccc2)c2c(OC(C)(C)C)ncnc12)[C@H](CN)[C@@H]1COC(C)(C)O1. The molecule has 5 rings (SSSR count). The average molecular weight is 619 g/mol. The number of hydrogen-bond donors (Lipinski definition) is 1. The van der Waals surface area contributed by atoms with E-state index >= 15 is 0 Å². The summed E-state index contributed by atoms with van der Waals surface area (Å²) in [7, 11) is 0. The Bertz CT molecular complexity index is 1510. The van der Waals surface area contributed by atoms with Crippen LogP contribution in [0, 0.1) is 5.92 Å². The lowest BCUT2D eigenvalue weighted by Gasteiger charge is -2.42. The van der Waals surface area contributed by atoms with E-state index in [1.165, 1.54) is 5.56 Å². The van der Waals surface area contributed by atoms with Crippen LogP contribution in [0.25, 0.3) is 11.0 Å². The molecular weight excluding hydrogens is 572 g/mol. The number of benzene rings is 2. The van der Waals surface area contributed by atoms with E-state index in [4.69, 9.17) is 29.7 Å². The number of nitrogens with two attached hydrogens (primary N) is 1. The number of hydrogen-bond acceptors (Lipinski definition) is 8. The fourth-order valence-electron chi connectivity index (χ4n) is 6.11. The fraction of sp³-hybridized carbons (Fsp3) is 0.486. The number of aromatic nitrogens is 3. The summed E-state index contributed by atoms with van der Waals surface area (Å²) in [5, 5.41) is 0. The topological polar surface area (TPSA) is 93.7 Å². The Morgan fingerprint density at radius 3 is 2.30 bits per heavy atom. The largest absolute Gasteiger partial charge is 0.470 e. The molecule has 44 heavy (non-hydrogen) atoms. The van der Waals surface area contributed by atoms with Crippen LogP contribution in [0.5, 0.6) is 5.88 Å². The molecule has 3 atom stereocenters. The molecule has 0 saturated carbocycles. The van der Waals surface area contributed by atoms with Gasteiger partial charge in [0.25, 0.3) is 0 Å². The Morgan fingerprint density at radius 2 is 1.70 bits per heavy atom. The first kappa shape index (κ1) is 32.4. The Hall–Kier alpha value is -2.95. The Labute approximate surface area is 265 Å². The third-order valence-electron chi connectivity index (χ3n) is 8.09. The molecule has 2 aromatic carbocycles. The summed E-state index contributed by atoms with van der Waals surface area (Å²) in [6.07, 6.45) is 7.31. The number of ether oxygens (including phenoxy) is 4. The van der Waals surface area contributed by atoms with Crippen LogP contribution >= 0.6 is 11.8 Å². The van der Waals surface area contributed by atoms with E-state index < -0.39 is 11.4 Å². The molecule has 236 valence electrons. The number of fused-ring (bicyclic) bond motifs is 1. The molecule has 9 heteroatoms. The van der Waals surface area contributed by atoms with Gasteiger partial charge in [-0.3, -0.25) is 0 Å². The molecule has 8 nitrogen and oxygen atoms in total. The van der Waals surface area contributed by atoms with Gasteiger partial charge in [0.1, 0.15) is 24.2 Å². The molecule has 0 unspecified atom stereocenters. The van der Waals surface area contributed by atoms with Gasteiger partial charge < -0.3 is 29.2 Å². The first-order valence-electron chi connectivity index (χ1n) is 15.3. The summed E-state index contributed by atoms with van der Waals surface area (Å²) in [4.78, 5) is 9.40. The molecule has 0 amide bonds. The zero-order valence-corrected chi connectivity index (χ0v) is 27.6. The molecule has 0 bridgehead atoms. The van der Waals surface area contributed by atoms with E-state index in [0.29, 0.717) is 38.8 Å². The summed E-state index contributed by atoms with van der Waals surface area (Å²) in [5.74, 6) is -0.0908. The highest BCUT2D eigenvalue weighted by molar-refractivity contribution is 8.00. The molecule has 0 spiro atoms. The molecule has 3 heterocycles. The van der Waals surface area contributed by atoms with Crippen molar-refractivity contribution in [2.45, 2.75) is 83.0 Å².